The third-order valence-corrected chi connectivity index (χ3v) is 6.53. The van der Waals surface area contributed by atoms with Crippen molar-refractivity contribution in [3.8, 4) is 17.2 Å². The van der Waals surface area contributed by atoms with Gasteiger partial charge in [0, 0.05) is 27.3 Å². The van der Waals surface area contributed by atoms with Crippen LogP contribution in [0.2, 0.25) is 5.02 Å². The molecule has 2 aliphatic rings. The molecular formula is C26H20ClFN4O3. The van der Waals surface area contributed by atoms with E-state index in [-0.39, 0.29) is 5.82 Å². The van der Waals surface area contributed by atoms with Gasteiger partial charge in [0.25, 0.3) is 0 Å². The van der Waals surface area contributed by atoms with E-state index >= 15 is 4.39 Å². The number of hydrogen-bond donors (Lipinski definition) is 1. The predicted molar refractivity (Wildman–Crippen MR) is 129 cm³/mol. The molecule has 35 heavy (non-hydrogen) atoms. The molecule has 6 rings (SSSR count). The molecule has 0 aliphatic carbocycles. The molecule has 0 bridgehead atoms. The summed E-state index contributed by atoms with van der Waals surface area (Å²) in [6.07, 6.45) is 0.786. The van der Waals surface area contributed by atoms with Crippen LogP contribution in [0, 0.1) is 5.82 Å². The van der Waals surface area contributed by atoms with Crippen molar-refractivity contribution in [1.82, 2.24) is 14.8 Å². The number of anilines is 1. The van der Waals surface area contributed by atoms with Crippen LogP contribution in [-0.4, -0.2) is 29.0 Å². The Bertz CT molecular complexity index is 1490. The van der Waals surface area contributed by atoms with Gasteiger partial charge in [0.05, 0.1) is 19.9 Å². The number of benzene rings is 3. The van der Waals surface area contributed by atoms with Crippen LogP contribution in [0.15, 0.2) is 72.6 Å². The molecular weight excluding hydrogens is 471 g/mol. The van der Waals surface area contributed by atoms with Crippen LogP contribution < -0.4 is 19.5 Å². The van der Waals surface area contributed by atoms with Gasteiger partial charge in [-0.25, -0.2) is 9.07 Å². The Hall–Kier alpha value is -4.04. The van der Waals surface area contributed by atoms with Crippen LogP contribution in [0.4, 0.5) is 10.3 Å². The van der Waals surface area contributed by atoms with Crippen LogP contribution in [0.25, 0.3) is 5.70 Å². The Kier molecular flexibility index (Phi) is 5.11. The molecule has 0 unspecified atom stereocenters. The number of fused-ring (bicyclic) bond motifs is 3. The van der Waals surface area contributed by atoms with Gasteiger partial charge < -0.3 is 19.5 Å². The molecule has 0 amide bonds. The highest BCUT2D eigenvalue weighted by Crippen LogP contribution is 2.52. The van der Waals surface area contributed by atoms with Gasteiger partial charge in [-0.1, -0.05) is 29.8 Å². The molecule has 2 atom stereocenters. The number of methoxy groups -OCH3 is 2. The summed E-state index contributed by atoms with van der Waals surface area (Å²) in [5, 5.41) is 8.36. The number of ether oxygens (including phenoxy) is 3. The molecule has 7 nitrogen and oxygen atoms in total. The molecule has 3 aromatic carbocycles. The minimum atomic E-state index is -0.654. The zero-order valence-corrected chi connectivity index (χ0v) is 19.6. The fraction of sp³-hybridized carbons (Fsp3) is 0.154. The molecule has 9 heteroatoms. The topological polar surface area (TPSA) is 70.4 Å². The highest BCUT2D eigenvalue weighted by atomic mass is 35.5. The summed E-state index contributed by atoms with van der Waals surface area (Å²) in [6, 6.07) is 16.9. The first kappa shape index (κ1) is 21.5. The number of nitrogens with one attached hydrogen (secondary N) is 1. The lowest BCUT2D eigenvalue weighted by Gasteiger charge is -2.39. The number of aromatic nitrogens is 3. The highest BCUT2D eigenvalue weighted by Gasteiger charge is 2.42. The van der Waals surface area contributed by atoms with Crippen molar-refractivity contribution < 1.29 is 18.6 Å². The molecule has 2 aliphatic heterocycles. The summed E-state index contributed by atoms with van der Waals surface area (Å²) < 4.78 is 34.7. The third kappa shape index (κ3) is 3.40. The minimum absolute atomic E-state index is 0.360. The Morgan fingerprint density at radius 2 is 1.89 bits per heavy atom. The second kappa shape index (κ2) is 8.32. The zero-order chi connectivity index (χ0) is 24.1. The molecule has 0 radical (unpaired) electrons. The maximum Gasteiger partial charge on any atom is 0.226 e. The summed E-state index contributed by atoms with van der Waals surface area (Å²) in [6.45, 7) is 0. The van der Waals surface area contributed by atoms with E-state index in [1.54, 1.807) is 43.2 Å². The van der Waals surface area contributed by atoms with Crippen LogP contribution in [0.1, 0.15) is 28.8 Å². The summed E-state index contributed by atoms with van der Waals surface area (Å²) in [7, 11) is 3.20. The standard InChI is InChI=1S/C26H20ClFN4O3/c1-33-15-8-10-20(34-2)18(12-15)25-22-23(17-11-14(27)7-9-21(17)35-25)31-26-29-13-30-32(26)24(22)16-5-3-4-6-19(16)28/h3-13,24-25H,1-2H3,(H,29,30,31)/t24-,25-/m1/s1. The van der Waals surface area contributed by atoms with Gasteiger partial charge in [-0.05, 0) is 42.5 Å². The van der Waals surface area contributed by atoms with Gasteiger partial charge in [-0.2, -0.15) is 10.1 Å². The van der Waals surface area contributed by atoms with E-state index in [2.05, 4.69) is 15.4 Å². The molecule has 176 valence electrons. The summed E-state index contributed by atoms with van der Waals surface area (Å²) in [5.74, 6) is 2.00. The summed E-state index contributed by atoms with van der Waals surface area (Å²) >= 11 is 6.37. The molecule has 0 saturated carbocycles. The van der Waals surface area contributed by atoms with Crippen molar-refractivity contribution in [3.63, 3.8) is 0 Å². The van der Waals surface area contributed by atoms with Crippen molar-refractivity contribution >= 4 is 23.2 Å². The lowest BCUT2D eigenvalue weighted by atomic mass is 9.84. The fourth-order valence-corrected chi connectivity index (χ4v) is 4.91. The van der Waals surface area contributed by atoms with Gasteiger partial charge in [0.2, 0.25) is 5.95 Å². The van der Waals surface area contributed by atoms with Gasteiger partial charge in [0.15, 0.2) is 6.10 Å². The van der Waals surface area contributed by atoms with Crippen molar-refractivity contribution in [2.75, 3.05) is 19.5 Å². The largest absolute Gasteiger partial charge is 0.497 e. The Balaban J connectivity index is 1.67. The monoisotopic (exact) mass is 490 g/mol. The normalized spacial score (nSPS) is 18.1. The van der Waals surface area contributed by atoms with Crippen LogP contribution in [0.3, 0.4) is 0 Å². The number of halogens is 2. The molecule has 0 saturated heterocycles. The molecule has 0 fully saturated rings. The van der Waals surface area contributed by atoms with Gasteiger partial charge in [-0.3, -0.25) is 0 Å². The van der Waals surface area contributed by atoms with Crippen molar-refractivity contribution in [2.24, 2.45) is 0 Å². The van der Waals surface area contributed by atoms with Crippen molar-refractivity contribution in [2.45, 2.75) is 12.1 Å². The maximum absolute atomic E-state index is 15.3. The van der Waals surface area contributed by atoms with E-state index < -0.39 is 12.1 Å². The SMILES string of the molecule is COc1ccc(OC)c([C@H]2Oc3ccc(Cl)cc3C3=C2[C@@H](c2ccccc2F)n2ncnc2N3)c1. The first-order valence-corrected chi connectivity index (χ1v) is 11.3. The molecule has 4 aromatic rings. The smallest absolute Gasteiger partial charge is 0.226 e. The Morgan fingerprint density at radius 1 is 1.03 bits per heavy atom. The average Bonchev–Trinajstić information content (AvgIpc) is 3.35. The van der Waals surface area contributed by atoms with Crippen LogP contribution >= 0.6 is 11.6 Å². The van der Waals surface area contributed by atoms with E-state index in [1.165, 1.54) is 12.4 Å². The predicted octanol–water partition coefficient (Wildman–Crippen LogP) is 5.65. The molecule has 3 heterocycles. The average molecular weight is 491 g/mol. The van der Waals surface area contributed by atoms with Gasteiger partial charge in [-0.15, -0.1) is 0 Å². The second-order valence-electron chi connectivity index (χ2n) is 8.15. The van der Waals surface area contributed by atoms with E-state index in [1.807, 2.05) is 30.3 Å². The quantitative estimate of drug-likeness (QED) is 0.399. The lowest BCUT2D eigenvalue weighted by molar-refractivity contribution is 0.216. The second-order valence-corrected chi connectivity index (χ2v) is 8.59. The summed E-state index contributed by atoms with van der Waals surface area (Å²) in [4.78, 5) is 4.37. The van der Waals surface area contributed by atoms with E-state index in [9.17, 15) is 0 Å². The Morgan fingerprint density at radius 3 is 2.69 bits per heavy atom. The number of rotatable bonds is 4. The minimum Gasteiger partial charge on any atom is -0.497 e. The van der Waals surface area contributed by atoms with E-state index in [0.29, 0.717) is 33.8 Å². The van der Waals surface area contributed by atoms with Crippen molar-refractivity contribution in [1.29, 1.82) is 0 Å². The Labute approximate surface area is 205 Å². The fourth-order valence-electron chi connectivity index (χ4n) is 4.74. The first-order chi connectivity index (χ1) is 17.1. The van der Waals surface area contributed by atoms with Gasteiger partial charge in [0.1, 0.15) is 35.4 Å². The van der Waals surface area contributed by atoms with Crippen molar-refractivity contribution in [3.05, 3.63) is 100 Å². The zero-order valence-electron chi connectivity index (χ0n) is 18.8. The molecule has 0 spiro atoms. The van der Waals surface area contributed by atoms with E-state index in [4.69, 9.17) is 25.8 Å². The number of nitrogens with zero attached hydrogens (tertiary/aromatic N) is 3. The highest BCUT2D eigenvalue weighted by molar-refractivity contribution is 6.30. The summed E-state index contributed by atoms with van der Waals surface area (Å²) in [5.41, 5.74) is 3.40. The van der Waals surface area contributed by atoms with Gasteiger partial charge >= 0.3 is 0 Å². The lowest BCUT2D eigenvalue weighted by Crippen LogP contribution is -2.33. The molecule has 1 aromatic heterocycles. The third-order valence-electron chi connectivity index (χ3n) is 6.30. The van der Waals surface area contributed by atoms with Crippen LogP contribution in [-0.2, 0) is 0 Å². The number of hydrogen-bond acceptors (Lipinski definition) is 6. The first-order valence-electron chi connectivity index (χ1n) is 10.9. The molecule has 1 N–H and O–H groups in total. The van der Waals surface area contributed by atoms with Crippen LogP contribution in [0.5, 0.6) is 17.2 Å². The maximum atomic E-state index is 15.3. The van der Waals surface area contributed by atoms with E-state index in [0.717, 1.165) is 22.4 Å².